The third-order valence-electron chi connectivity index (χ3n) is 7.26. The van der Waals surface area contributed by atoms with Crippen LogP contribution in [0.3, 0.4) is 0 Å². The molecule has 0 aromatic heterocycles. The van der Waals surface area contributed by atoms with E-state index in [2.05, 4.69) is 47.3 Å². The van der Waals surface area contributed by atoms with Gasteiger partial charge >= 0.3 is 0 Å². The number of piperidine rings is 2. The summed E-state index contributed by atoms with van der Waals surface area (Å²) in [4.78, 5) is 10.8. The molecule has 0 aliphatic carbocycles. The maximum absolute atomic E-state index is 2.76. The van der Waals surface area contributed by atoms with Crippen molar-refractivity contribution in [3.63, 3.8) is 0 Å². The van der Waals surface area contributed by atoms with Gasteiger partial charge in [-0.25, -0.2) is 0 Å². The van der Waals surface area contributed by atoms with E-state index in [0.29, 0.717) is 0 Å². The first-order chi connectivity index (χ1) is 13.5. The lowest BCUT2D eigenvalue weighted by Crippen LogP contribution is -2.51. The van der Waals surface area contributed by atoms with Gasteiger partial charge in [0.05, 0.1) is 0 Å². The molecule has 0 unspecified atom stereocenters. The molecule has 3 fully saturated rings. The summed E-state index contributed by atoms with van der Waals surface area (Å²) < 4.78 is 0. The van der Waals surface area contributed by atoms with Crippen molar-refractivity contribution in [2.24, 2.45) is 11.8 Å². The number of hydrogen-bond acceptors (Lipinski definition) is 4. The van der Waals surface area contributed by atoms with Crippen molar-refractivity contribution >= 4 is 0 Å². The highest BCUT2D eigenvalue weighted by atomic mass is 15.3. The van der Waals surface area contributed by atoms with E-state index in [1.54, 1.807) is 0 Å². The zero-order valence-corrected chi connectivity index (χ0v) is 20.0. The van der Waals surface area contributed by atoms with E-state index >= 15 is 0 Å². The molecule has 0 atom stereocenters. The quantitative estimate of drug-likeness (QED) is 0.678. The van der Waals surface area contributed by atoms with Gasteiger partial charge in [-0.1, -0.05) is 13.8 Å². The van der Waals surface area contributed by atoms with Crippen LogP contribution in [0.2, 0.25) is 0 Å². The summed E-state index contributed by atoms with van der Waals surface area (Å²) in [6.45, 7) is 26.5. The van der Waals surface area contributed by atoms with Crippen LogP contribution >= 0.6 is 0 Å². The molecule has 0 radical (unpaired) electrons. The van der Waals surface area contributed by atoms with Crippen LogP contribution in [-0.2, 0) is 0 Å². The van der Waals surface area contributed by atoms with E-state index in [1.807, 2.05) is 13.8 Å². The van der Waals surface area contributed by atoms with Crippen LogP contribution in [0.5, 0.6) is 0 Å². The second-order valence-corrected chi connectivity index (χ2v) is 9.75. The molecule has 0 amide bonds. The summed E-state index contributed by atoms with van der Waals surface area (Å²) in [6.07, 6.45) is 5.64. The Morgan fingerprint density at radius 2 is 0.821 bits per heavy atom. The van der Waals surface area contributed by atoms with Gasteiger partial charge in [-0.05, 0) is 91.4 Å². The lowest BCUT2D eigenvalue weighted by Gasteiger charge is -2.41. The Morgan fingerprint density at radius 3 is 1.07 bits per heavy atom. The van der Waals surface area contributed by atoms with Gasteiger partial charge in [-0.15, -0.1) is 0 Å². The first-order valence-corrected chi connectivity index (χ1v) is 12.4. The summed E-state index contributed by atoms with van der Waals surface area (Å²) >= 11 is 0. The average molecular weight is 395 g/mol. The molecule has 3 aliphatic rings. The van der Waals surface area contributed by atoms with Crippen LogP contribution in [0.4, 0.5) is 0 Å². The fourth-order valence-corrected chi connectivity index (χ4v) is 5.19. The van der Waals surface area contributed by atoms with Crippen molar-refractivity contribution in [2.45, 2.75) is 79.3 Å². The van der Waals surface area contributed by atoms with Crippen LogP contribution in [0, 0.1) is 11.8 Å². The number of nitrogens with zero attached hydrogens (tertiary/aromatic N) is 4. The fourth-order valence-electron chi connectivity index (χ4n) is 5.19. The van der Waals surface area contributed by atoms with Gasteiger partial charge in [0, 0.05) is 51.4 Å². The number of likely N-dealkylation sites (tertiary alicyclic amines) is 2. The van der Waals surface area contributed by atoms with Crippen molar-refractivity contribution in [3.05, 3.63) is 0 Å². The zero-order valence-electron chi connectivity index (χ0n) is 20.0. The topological polar surface area (TPSA) is 13.0 Å². The third kappa shape index (κ3) is 7.59. The van der Waals surface area contributed by atoms with Gasteiger partial charge in [0.2, 0.25) is 0 Å². The van der Waals surface area contributed by atoms with Crippen molar-refractivity contribution < 1.29 is 0 Å². The second kappa shape index (κ2) is 12.5. The van der Waals surface area contributed by atoms with E-state index in [4.69, 9.17) is 0 Å². The molecule has 166 valence electrons. The second-order valence-electron chi connectivity index (χ2n) is 9.75. The van der Waals surface area contributed by atoms with E-state index < -0.39 is 0 Å². The lowest BCUT2D eigenvalue weighted by molar-refractivity contribution is 0.0686. The molecule has 0 aromatic rings. The van der Waals surface area contributed by atoms with Crippen molar-refractivity contribution in [3.8, 4) is 0 Å². The van der Waals surface area contributed by atoms with Gasteiger partial charge < -0.3 is 19.6 Å². The molecular formula is C24H50N4. The van der Waals surface area contributed by atoms with Crippen LogP contribution in [0.1, 0.15) is 67.2 Å². The molecular weight excluding hydrogens is 344 g/mol. The molecule has 0 saturated carbocycles. The highest BCUT2D eigenvalue weighted by molar-refractivity contribution is 4.82. The van der Waals surface area contributed by atoms with Gasteiger partial charge in [-0.2, -0.15) is 0 Å². The predicted octanol–water partition coefficient (Wildman–Crippen LogP) is 3.87. The fraction of sp³-hybridized carbons (Fsp3) is 1.00. The van der Waals surface area contributed by atoms with E-state index in [-0.39, 0.29) is 0 Å². The monoisotopic (exact) mass is 394 g/mol. The minimum absolute atomic E-state index is 0.729. The number of rotatable bonds is 6. The Hall–Kier alpha value is -0.160. The average Bonchev–Trinajstić information content (AvgIpc) is 2.72. The van der Waals surface area contributed by atoms with Crippen molar-refractivity contribution in [1.82, 2.24) is 19.6 Å². The maximum Gasteiger partial charge on any atom is 0.0110 e. The summed E-state index contributed by atoms with van der Waals surface area (Å²) in [5.74, 6) is 1.88. The standard InChI is InChI=1S/C22H44N4.C2H6/c1-19(2)25-9-5-21(6-10-25)17-23-13-15-24(16-14-23)18-22-7-11-26(12-8-22)20(3)4;1-2/h19-22H,5-18H2,1-4H3;1-2H3. The summed E-state index contributed by atoms with van der Waals surface area (Å²) in [7, 11) is 0. The smallest absolute Gasteiger partial charge is 0.0110 e. The van der Waals surface area contributed by atoms with Gasteiger partial charge in [0.15, 0.2) is 0 Å². The molecule has 3 saturated heterocycles. The number of piperazine rings is 1. The summed E-state index contributed by atoms with van der Waals surface area (Å²) in [5, 5.41) is 0. The van der Waals surface area contributed by atoms with E-state index in [1.165, 1.54) is 91.1 Å². The Labute approximate surface area is 176 Å². The van der Waals surface area contributed by atoms with Crippen molar-refractivity contribution in [1.29, 1.82) is 0 Å². The minimum atomic E-state index is 0.729. The Morgan fingerprint density at radius 1 is 0.536 bits per heavy atom. The molecule has 28 heavy (non-hydrogen) atoms. The SMILES string of the molecule is CC.CC(C)N1CCC(CN2CCN(CC3CCN(C(C)C)CC3)CC2)CC1. The molecule has 0 bridgehead atoms. The molecule has 4 nitrogen and oxygen atoms in total. The van der Waals surface area contributed by atoms with Crippen molar-refractivity contribution in [2.75, 3.05) is 65.4 Å². The Balaban J connectivity index is 0.00000136. The van der Waals surface area contributed by atoms with E-state index in [0.717, 1.165) is 23.9 Å². The summed E-state index contributed by atoms with van der Waals surface area (Å²) in [5.41, 5.74) is 0. The lowest BCUT2D eigenvalue weighted by atomic mass is 9.94. The van der Waals surface area contributed by atoms with Crippen LogP contribution < -0.4 is 0 Å². The highest BCUT2D eigenvalue weighted by Crippen LogP contribution is 2.22. The molecule has 0 aromatic carbocycles. The minimum Gasteiger partial charge on any atom is -0.301 e. The molecule has 0 spiro atoms. The molecule has 3 heterocycles. The Kier molecular flexibility index (Phi) is 10.8. The van der Waals surface area contributed by atoms with Gasteiger partial charge in [-0.3, -0.25) is 0 Å². The largest absolute Gasteiger partial charge is 0.301 e. The predicted molar refractivity (Wildman–Crippen MR) is 123 cm³/mol. The first-order valence-electron chi connectivity index (χ1n) is 12.4. The van der Waals surface area contributed by atoms with Crippen LogP contribution in [0.15, 0.2) is 0 Å². The third-order valence-corrected chi connectivity index (χ3v) is 7.26. The Bertz CT molecular complexity index is 349. The molecule has 0 N–H and O–H groups in total. The van der Waals surface area contributed by atoms with Crippen LogP contribution in [-0.4, -0.2) is 97.1 Å². The number of hydrogen-bond donors (Lipinski definition) is 0. The van der Waals surface area contributed by atoms with Gasteiger partial charge in [0.1, 0.15) is 0 Å². The normalized spacial score (nSPS) is 25.3. The van der Waals surface area contributed by atoms with Gasteiger partial charge in [0.25, 0.3) is 0 Å². The van der Waals surface area contributed by atoms with E-state index in [9.17, 15) is 0 Å². The molecule has 3 aliphatic heterocycles. The first kappa shape index (κ1) is 24.1. The highest BCUT2D eigenvalue weighted by Gasteiger charge is 2.27. The summed E-state index contributed by atoms with van der Waals surface area (Å²) in [6, 6.07) is 1.46. The van der Waals surface area contributed by atoms with Crippen LogP contribution in [0.25, 0.3) is 0 Å². The molecule has 3 rings (SSSR count). The zero-order chi connectivity index (χ0) is 20.5. The molecule has 4 heteroatoms. The maximum atomic E-state index is 2.76.